The molecule has 23 heavy (non-hydrogen) atoms. The van der Waals surface area contributed by atoms with Gasteiger partial charge in [-0.3, -0.25) is 4.99 Å². The van der Waals surface area contributed by atoms with Crippen LogP contribution < -0.4 is 10.5 Å². The molecule has 0 atom stereocenters. The van der Waals surface area contributed by atoms with Crippen LogP contribution in [0.15, 0.2) is 17.1 Å². The van der Waals surface area contributed by atoms with Crippen molar-refractivity contribution < 1.29 is 13.9 Å². The van der Waals surface area contributed by atoms with Gasteiger partial charge in [-0.05, 0) is 42.9 Å². The first-order valence-corrected chi connectivity index (χ1v) is 8.20. The zero-order chi connectivity index (χ0) is 16.2. The standard InChI is InChI=1S/C17H24FN3O2/c1-12-3-6-21(7-4-12)17(19)20-5-2-13-8-15(18)9-14-10-22-11-23-16(13)14/h8-9,12H,2-7,10-11H2,1H3,(H2,19,20). The number of halogens is 1. The minimum absolute atomic E-state index is 0.211. The van der Waals surface area contributed by atoms with Crippen LogP contribution in [0.5, 0.6) is 5.75 Å². The molecule has 0 amide bonds. The van der Waals surface area contributed by atoms with E-state index in [-0.39, 0.29) is 12.6 Å². The molecule has 3 rings (SSSR count). The Labute approximate surface area is 136 Å². The monoisotopic (exact) mass is 321 g/mol. The Bertz CT molecular complexity index is 583. The van der Waals surface area contributed by atoms with E-state index in [0.29, 0.717) is 25.5 Å². The van der Waals surface area contributed by atoms with Crippen LogP contribution in [-0.4, -0.2) is 37.3 Å². The van der Waals surface area contributed by atoms with Crippen LogP contribution in [0.25, 0.3) is 0 Å². The van der Waals surface area contributed by atoms with Gasteiger partial charge < -0.3 is 20.1 Å². The number of ether oxygens (including phenoxy) is 2. The van der Waals surface area contributed by atoms with Gasteiger partial charge in [0.25, 0.3) is 0 Å². The quantitative estimate of drug-likeness (QED) is 0.685. The molecule has 0 saturated carbocycles. The molecule has 1 fully saturated rings. The van der Waals surface area contributed by atoms with Crippen LogP contribution in [-0.2, 0) is 17.8 Å². The van der Waals surface area contributed by atoms with Gasteiger partial charge in [-0.1, -0.05) is 6.92 Å². The van der Waals surface area contributed by atoms with Crippen LogP contribution in [0.2, 0.25) is 0 Å². The van der Waals surface area contributed by atoms with E-state index in [4.69, 9.17) is 15.2 Å². The number of hydrogen-bond donors (Lipinski definition) is 1. The first kappa shape index (κ1) is 16.1. The number of benzene rings is 1. The lowest BCUT2D eigenvalue weighted by atomic mass is 10.00. The van der Waals surface area contributed by atoms with Crippen LogP contribution in [0.1, 0.15) is 30.9 Å². The molecular weight excluding hydrogens is 297 g/mol. The van der Waals surface area contributed by atoms with E-state index in [9.17, 15) is 4.39 Å². The van der Waals surface area contributed by atoms with E-state index in [0.717, 1.165) is 48.7 Å². The summed E-state index contributed by atoms with van der Waals surface area (Å²) in [7, 11) is 0. The maximum atomic E-state index is 13.7. The molecule has 0 radical (unpaired) electrons. The summed E-state index contributed by atoms with van der Waals surface area (Å²) in [5.74, 6) is 1.82. The molecule has 2 aliphatic rings. The molecule has 2 aliphatic heterocycles. The maximum absolute atomic E-state index is 13.7. The van der Waals surface area contributed by atoms with Gasteiger partial charge in [0.05, 0.1) is 6.61 Å². The fourth-order valence-corrected chi connectivity index (χ4v) is 3.07. The molecule has 5 nitrogen and oxygen atoms in total. The second-order valence-electron chi connectivity index (χ2n) is 6.32. The highest BCUT2D eigenvalue weighted by atomic mass is 19.1. The van der Waals surface area contributed by atoms with Crippen LogP contribution in [0, 0.1) is 11.7 Å². The van der Waals surface area contributed by atoms with E-state index < -0.39 is 0 Å². The van der Waals surface area contributed by atoms with Crippen molar-refractivity contribution >= 4 is 5.96 Å². The van der Waals surface area contributed by atoms with Crippen molar-refractivity contribution in [1.29, 1.82) is 0 Å². The Morgan fingerprint density at radius 3 is 2.96 bits per heavy atom. The first-order valence-electron chi connectivity index (χ1n) is 8.20. The van der Waals surface area contributed by atoms with Crippen molar-refractivity contribution in [3.05, 3.63) is 29.1 Å². The molecular formula is C17H24FN3O2. The number of nitrogens with zero attached hydrogens (tertiary/aromatic N) is 2. The Kier molecular flexibility index (Phi) is 5.00. The minimum atomic E-state index is -0.269. The molecule has 0 bridgehead atoms. The number of guanidine groups is 1. The van der Waals surface area contributed by atoms with Gasteiger partial charge in [0.1, 0.15) is 11.6 Å². The van der Waals surface area contributed by atoms with E-state index in [1.54, 1.807) is 0 Å². The summed E-state index contributed by atoms with van der Waals surface area (Å²) < 4.78 is 24.4. The summed E-state index contributed by atoms with van der Waals surface area (Å²) in [5, 5.41) is 0. The van der Waals surface area contributed by atoms with Gasteiger partial charge in [0.2, 0.25) is 0 Å². The van der Waals surface area contributed by atoms with Crippen molar-refractivity contribution in [2.24, 2.45) is 16.6 Å². The van der Waals surface area contributed by atoms with Crippen molar-refractivity contribution in [3.8, 4) is 5.75 Å². The van der Waals surface area contributed by atoms with Gasteiger partial charge in [-0.25, -0.2) is 4.39 Å². The number of aliphatic imine (C=N–C) groups is 1. The molecule has 2 N–H and O–H groups in total. The maximum Gasteiger partial charge on any atom is 0.191 e. The van der Waals surface area contributed by atoms with Gasteiger partial charge in [-0.15, -0.1) is 0 Å². The van der Waals surface area contributed by atoms with Gasteiger partial charge >= 0.3 is 0 Å². The lowest BCUT2D eigenvalue weighted by Gasteiger charge is -2.31. The smallest absolute Gasteiger partial charge is 0.191 e. The minimum Gasteiger partial charge on any atom is -0.467 e. The van der Waals surface area contributed by atoms with Gasteiger partial charge in [0, 0.05) is 25.2 Å². The predicted octanol–water partition coefficient (Wildman–Crippen LogP) is 2.28. The SMILES string of the molecule is CC1CCN(C(N)=NCCc2cc(F)cc3c2OCOC3)CC1. The zero-order valence-corrected chi connectivity index (χ0v) is 13.6. The van der Waals surface area contributed by atoms with E-state index in [2.05, 4.69) is 16.8 Å². The van der Waals surface area contributed by atoms with Gasteiger partial charge in [0.15, 0.2) is 12.8 Å². The third kappa shape index (κ3) is 3.93. The van der Waals surface area contributed by atoms with E-state index in [1.807, 2.05) is 0 Å². The highest BCUT2D eigenvalue weighted by molar-refractivity contribution is 5.78. The van der Waals surface area contributed by atoms with Crippen LogP contribution in [0.4, 0.5) is 4.39 Å². The summed E-state index contributed by atoms with van der Waals surface area (Å²) in [6.07, 6.45) is 2.91. The third-order valence-electron chi connectivity index (χ3n) is 4.51. The highest BCUT2D eigenvalue weighted by Gasteiger charge is 2.18. The first-order chi connectivity index (χ1) is 11.1. The summed E-state index contributed by atoms with van der Waals surface area (Å²) in [4.78, 5) is 6.59. The molecule has 1 saturated heterocycles. The average Bonchev–Trinajstić information content (AvgIpc) is 2.55. The summed E-state index contributed by atoms with van der Waals surface area (Å²) in [6, 6.07) is 2.98. The summed E-state index contributed by atoms with van der Waals surface area (Å²) in [6.45, 7) is 5.32. The second kappa shape index (κ2) is 7.17. The largest absolute Gasteiger partial charge is 0.467 e. The predicted molar refractivity (Wildman–Crippen MR) is 86.8 cm³/mol. The van der Waals surface area contributed by atoms with Crippen LogP contribution in [0.3, 0.4) is 0 Å². The topological polar surface area (TPSA) is 60.1 Å². The molecule has 0 spiro atoms. The van der Waals surface area contributed by atoms with Crippen molar-refractivity contribution in [2.45, 2.75) is 32.8 Å². The fraction of sp³-hybridized carbons (Fsp3) is 0.588. The molecule has 126 valence electrons. The van der Waals surface area contributed by atoms with E-state index in [1.165, 1.54) is 12.1 Å². The normalized spacial score (nSPS) is 19.4. The van der Waals surface area contributed by atoms with Crippen molar-refractivity contribution in [1.82, 2.24) is 4.90 Å². The number of rotatable bonds is 3. The van der Waals surface area contributed by atoms with E-state index >= 15 is 0 Å². The average molecular weight is 321 g/mol. The molecule has 1 aromatic rings. The van der Waals surface area contributed by atoms with Crippen molar-refractivity contribution in [2.75, 3.05) is 26.4 Å². The Morgan fingerprint density at radius 1 is 1.39 bits per heavy atom. The number of nitrogens with two attached hydrogens (primary N) is 1. The third-order valence-corrected chi connectivity index (χ3v) is 4.51. The number of piperidine rings is 1. The lowest BCUT2D eigenvalue weighted by Crippen LogP contribution is -2.42. The molecule has 0 aliphatic carbocycles. The molecule has 2 heterocycles. The molecule has 1 aromatic carbocycles. The Morgan fingerprint density at radius 2 is 2.17 bits per heavy atom. The Hall–Kier alpha value is -1.82. The van der Waals surface area contributed by atoms with Crippen LogP contribution >= 0.6 is 0 Å². The van der Waals surface area contributed by atoms with Gasteiger partial charge in [-0.2, -0.15) is 0 Å². The van der Waals surface area contributed by atoms with Crippen molar-refractivity contribution in [3.63, 3.8) is 0 Å². The summed E-state index contributed by atoms with van der Waals surface area (Å²) >= 11 is 0. The number of hydrogen-bond acceptors (Lipinski definition) is 3. The molecule has 0 aromatic heterocycles. The number of fused-ring (bicyclic) bond motifs is 1. The molecule has 0 unspecified atom stereocenters. The molecule has 6 heteroatoms. The highest BCUT2D eigenvalue weighted by Crippen LogP contribution is 2.29. The summed E-state index contributed by atoms with van der Waals surface area (Å²) in [5.41, 5.74) is 7.66. The zero-order valence-electron chi connectivity index (χ0n) is 13.6. The Balaban J connectivity index is 1.62. The lowest BCUT2D eigenvalue weighted by molar-refractivity contribution is -0.0172. The fourth-order valence-electron chi connectivity index (χ4n) is 3.07. The second-order valence-corrected chi connectivity index (χ2v) is 6.32. The number of likely N-dealkylation sites (tertiary alicyclic amines) is 1.